The second kappa shape index (κ2) is 3.27. The molecule has 0 spiro atoms. The van der Waals surface area contributed by atoms with E-state index in [4.69, 9.17) is 11.6 Å². The quantitative estimate of drug-likeness (QED) is 0.557. The number of benzene rings is 1. The van der Waals surface area contributed by atoms with Crippen LogP contribution in [0.5, 0.6) is 0 Å². The van der Waals surface area contributed by atoms with E-state index in [2.05, 4.69) is 39.8 Å². The van der Waals surface area contributed by atoms with E-state index in [0.29, 0.717) is 11.8 Å². The Bertz CT molecular complexity index is 368. The fraction of sp³-hybridized carbons (Fsp3) is 0.538. The summed E-state index contributed by atoms with van der Waals surface area (Å²) in [6, 6.07) is 4.51. The normalized spacial score (nSPS) is 30.5. The minimum absolute atomic E-state index is 0.207. The molecule has 0 bridgehead atoms. The molecule has 2 rings (SSSR count). The van der Waals surface area contributed by atoms with Gasteiger partial charge >= 0.3 is 0 Å². The third-order valence-corrected chi connectivity index (χ3v) is 4.20. The number of hydrogen-bond acceptors (Lipinski definition) is 0. The Morgan fingerprint density at radius 3 is 2.43 bits per heavy atom. The zero-order chi connectivity index (χ0) is 10.5. The van der Waals surface area contributed by atoms with E-state index in [-0.39, 0.29) is 5.38 Å². The summed E-state index contributed by atoms with van der Waals surface area (Å²) in [7, 11) is 0. The Hall–Kier alpha value is -0.490. The summed E-state index contributed by atoms with van der Waals surface area (Å²) in [6.45, 7) is 8.87. The first kappa shape index (κ1) is 10.0. The van der Waals surface area contributed by atoms with Gasteiger partial charge < -0.3 is 0 Å². The Morgan fingerprint density at radius 1 is 1.14 bits per heavy atom. The summed E-state index contributed by atoms with van der Waals surface area (Å²) >= 11 is 6.43. The molecule has 3 unspecified atom stereocenters. The first-order chi connectivity index (χ1) is 6.52. The lowest BCUT2D eigenvalue weighted by Gasteiger charge is -2.12. The molecule has 0 nitrogen and oxygen atoms in total. The number of rotatable bonds is 0. The van der Waals surface area contributed by atoms with Crippen LogP contribution in [0.25, 0.3) is 0 Å². The van der Waals surface area contributed by atoms with Crippen LogP contribution in [0.1, 0.15) is 47.4 Å². The molecule has 1 aromatic carbocycles. The lowest BCUT2D eigenvalue weighted by molar-refractivity contribution is 0.518. The zero-order valence-corrected chi connectivity index (χ0v) is 10.0. The molecule has 76 valence electrons. The first-order valence-electron chi connectivity index (χ1n) is 5.27. The van der Waals surface area contributed by atoms with Crippen LogP contribution in [0, 0.1) is 19.8 Å². The van der Waals surface area contributed by atoms with Crippen molar-refractivity contribution >= 4 is 11.6 Å². The summed E-state index contributed by atoms with van der Waals surface area (Å²) in [4.78, 5) is 0. The summed E-state index contributed by atoms with van der Waals surface area (Å²) in [5.41, 5.74) is 5.59. The molecule has 0 fully saturated rings. The van der Waals surface area contributed by atoms with Crippen molar-refractivity contribution in [3.63, 3.8) is 0 Å². The van der Waals surface area contributed by atoms with Crippen LogP contribution in [0.3, 0.4) is 0 Å². The third kappa shape index (κ3) is 1.28. The van der Waals surface area contributed by atoms with Gasteiger partial charge in [-0.3, -0.25) is 0 Å². The third-order valence-electron chi connectivity index (χ3n) is 3.57. The van der Waals surface area contributed by atoms with Crippen molar-refractivity contribution in [2.75, 3.05) is 0 Å². The van der Waals surface area contributed by atoms with Crippen molar-refractivity contribution in [3.05, 3.63) is 34.4 Å². The maximum atomic E-state index is 6.43. The van der Waals surface area contributed by atoms with Crippen molar-refractivity contribution in [3.8, 4) is 0 Å². The van der Waals surface area contributed by atoms with Crippen LogP contribution < -0.4 is 0 Å². The molecular formula is C13H17Cl. The molecule has 1 aromatic rings. The van der Waals surface area contributed by atoms with Crippen LogP contribution in [-0.2, 0) is 0 Å². The van der Waals surface area contributed by atoms with E-state index in [0.717, 1.165) is 0 Å². The van der Waals surface area contributed by atoms with Crippen molar-refractivity contribution in [2.24, 2.45) is 5.92 Å². The molecule has 0 aliphatic heterocycles. The molecule has 0 heterocycles. The highest BCUT2D eigenvalue weighted by molar-refractivity contribution is 6.21. The standard InChI is InChI=1S/C13H17Cl/c1-7-5-8(2)12-9(3)10(4)13(14)11(12)6-7/h5-6,9-10,13H,1-4H3. The van der Waals surface area contributed by atoms with Gasteiger partial charge in [-0.05, 0) is 42.4 Å². The lowest BCUT2D eigenvalue weighted by Crippen LogP contribution is -2.00. The average molecular weight is 209 g/mol. The van der Waals surface area contributed by atoms with Gasteiger partial charge in [0.2, 0.25) is 0 Å². The van der Waals surface area contributed by atoms with Gasteiger partial charge in [0.05, 0.1) is 5.38 Å². The monoisotopic (exact) mass is 208 g/mol. The molecule has 0 saturated heterocycles. The largest absolute Gasteiger partial charge is 0.117 e. The molecule has 1 heteroatoms. The molecular weight excluding hydrogens is 192 g/mol. The molecule has 0 aromatic heterocycles. The number of alkyl halides is 1. The van der Waals surface area contributed by atoms with Crippen LogP contribution >= 0.6 is 11.6 Å². The van der Waals surface area contributed by atoms with E-state index in [9.17, 15) is 0 Å². The van der Waals surface area contributed by atoms with Gasteiger partial charge in [0, 0.05) is 0 Å². The number of fused-ring (bicyclic) bond motifs is 1. The minimum Gasteiger partial charge on any atom is -0.117 e. The van der Waals surface area contributed by atoms with E-state index >= 15 is 0 Å². The highest BCUT2D eigenvalue weighted by Gasteiger charge is 2.34. The molecule has 1 aliphatic carbocycles. The molecule has 0 amide bonds. The summed E-state index contributed by atoms with van der Waals surface area (Å²) < 4.78 is 0. The Balaban J connectivity index is 2.63. The molecule has 0 radical (unpaired) electrons. The minimum atomic E-state index is 0.207. The molecule has 14 heavy (non-hydrogen) atoms. The van der Waals surface area contributed by atoms with Gasteiger partial charge in [0.15, 0.2) is 0 Å². The fourth-order valence-corrected chi connectivity index (χ4v) is 3.06. The van der Waals surface area contributed by atoms with Gasteiger partial charge in [-0.1, -0.05) is 31.5 Å². The van der Waals surface area contributed by atoms with Gasteiger partial charge in [0.25, 0.3) is 0 Å². The molecule has 0 N–H and O–H groups in total. The fourth-order valence-electron chi connectivity index (χ4n) is 2.66. The van der Waals surface area contributed by atoms with Gasteiger partial charge in [-0.2, -0.15) is 0 Å². The van der Waals surface area contributed by atoms with E-state index in [1.165, 1.54) is 22.3 Å². The predicted octanol–water partition coefficient (Wildman–Crippen LogP) is 4.34. The smallest absolute Gasteiger partial charge is 0.0619 e. The van der Waals surface area contributed by atoms with Crippen molar-refractivity contribution in [2.45, 2.75) is 39.0 Å². The molecule has 1 aliphatic rings. The molecule has 0 saturated carbocycles. The van der Waals surface area contributed by atoms with Crippen LogP contribution in [0.4, 0.5) is 0 Å². The zero-order valence-electron chi connectivity index (χ0n) is 9.26. The number of aryl methyl sites for hydroxylation is 2. The SMILES string of the molecule is Cc1cc(C)c2c(c1)C(Cl)C(C)C2C. The average Bonchev–Trinajstić information content (AvgIpc) is 2.31. The predicted molar refractivity (Wildman–Crippen MR) is 62.1 cm³/mol. The van der Waals surface area contributed by atoms with Crippen LogP contribution in [-0.4, -0.2) is 0 Å². The van der Waals surface area contributed by atoms with Crippen molar-refractivity contribution in [1.29, 1.82) is 0 Å². The van der Waals surface area contributed by atoms with E-state index in [1.807, 2.05) is 0 Å². The number of hydrogen-bond donors (Lipinski definition) is 0. The Morgan fingerprint density at radius 2 is 1.79 bits per heavy atom. The second-order valence-corrected chi connectivity index (χ2v) is 5.10. The second-order valence-electron chi connectivity index (χ2n) is 4.63. The van der Waals surface area contributed by atoms with Gasteiger partial charge in [-0.25, -0.2) is 0 Å². The maximum absolute atomic E-state index is 6.43. The summed E-state index contributed by atoms with van der Waals surface area (Å²) in [5.74, 6) is 1.17. The van der Waals surface area contributed by atoms with Gasteiger partial charge in [-0.15, -0.1) is 11.6 Å². The van der Waals surface area contributed by atoms with Crippen LogP contribution in [0.2, 0.25) is 0 Å². The highest BCUT2D eigenvalue weighted by atomic mass is 35.5. The van der Waals surface area contributed by atoms with Crippen molar-refractivity contribution < 1.29 is 0 Å². The summed E-state index contributed by atoms with van der Waals surface area (Å²) in [5, 5.41) is 0.207. The van der Waals surface area contributed by atoms with E-state index in [1.54, 1.807) is 0 Å². The topological polar surface area (TPSA) is 0 Å². The summed E-state index contributed by atoms with van der Waals surface area (Å²) in [6.07, 6.45) is 0. The molecule has 3 atom stereocenters. The van der Waals surface area contributed by atoms with Gasteiger partial charge in [0.1, 0.15) is 0 Å². The van der Waals surface area contributed by atoms with Crippen LogP contribution in [0.15, 0.2) is 12.1 Å². The Kier molecular flexibility index (Phi) is 2.35. The lowest BCUT2D eigenvalue weighted by atomic mass is 9.93. The number of halogens is 1. The maximum Gasteiger partial charge on any atom is 0.0619 e. The highest BCUT2D eigenvalue weighted by Crippen LogP contribution is 2.49. The first-order valence-corrected chi connectivity index (χ1v) is 5.71. The van der Waals surface area contributed by atoms with Crippen molar-refractivity contribution in [1.82, 2.24) is 0 Å². The van der Waals surface area contributed by atoms with E-state index < -0.39 is 0 Å². The Labute approximate surface area is 91.3 Å².